The minimum absolute atomic E-state index is 0.168. The molecule has 1 N–H and O–H groups in total. The Kier molecular flexibility index (Phi) is 8.06. The number of carboxylic acid groups (broad SMARTS) is 1. The van der Waals surface area contributed by atoms with Gasteiger partial charge in [0.1, 0.15) is 0 Å². The molecule has 0 aromatic heterocycles. The molecule has 0 radical (unpaired) electrons. The smallest absolute Gasteiger partial charge is 0.335 e. The summed E-state index contributed by atoms with van der Waals surface area (Å²) in [7, 11) is 1.68. The molecule has 0 amide bonds. The van der Waals surface area contributed by atoms with Crippen LogP contribution in [0.15, 0.2) is 24.3 Å². The fourth-order valence-corrected chi connectivity index (χ4v) is 2.70. The Morgan fingerprint density at radius 3 is 2.43 bits per heavy atom. The predicted molar refractivity (Wildman–Crippen MR) is 85.9 cm³/mol. The van der Waals surface area contributed by atoms with Crippen LogP contribution in [0.5, 0.6) is 0 Å². The summed E-state index contributed by atoms with van der Waals surface area (Å²) in [6.45, 7) is 5.07. The molecule has 0 fully saturated rings. The van der Waals surface area contributed by atoms with Crippen molar-refractivity contribution in [3.8, 4) is 0 Å². The minimum Gasteiger partial charge on any atom is -0.478 e. The Morgan fingerprint density at radius 2 is 1.81 bits per heavy atom. The summed E-state index contributed by atoms with van der Waals surface area (Å²) in [4.78, 5) is 11.3. The van der Waals surface area contributed by atoms with Crippen LogP contribution < -0.4 is 0 Å². The molecule has 1 aromatic carbocycles. The van der Waals surface area contributed by atoms with E-state index in [1.165, 1.54) is 19.3 Å². The van der Waals surface area contributed by atoms with E-state index in [1.54, 1.807) is 19.2 Å². The van der Waals surface area contributed by atoms with Gasteiger partial charge in [-0.3, -0.25) is 0 Å². The lowest BCUT2D eigenvalue weighted by atomic mass is 9.90. The van der Waals surface area contributed by atoms with Crippen molar-refractivity contribution in [1.82, 2.24) is 0 Å². The second-order valence-electron chi connectivity index (χ2n) is 6.08. The van der Waals surface area contributed by atoms with Crippen molar-refractivity contribution in [3.63, 3.8) is 0 Å². The van der Waals surface area contributed by atoms with Crippen LogP contribution in [0.2, 0.25) is 0 Å². The lowest BCUT2D eigenvalue weighted by Gasteiger charge is -2.18. The number of benzene rings is 1. The summed E-state index contributed by atoms with van der Waals surface area (Å²) in [5, 5.41) is 9.31. The molecule has 1 atom stereocenters. The molecule has 0 bridgehead atoms. The zero-order valence-corrected chi connectivity index (χ0v) is 13.5. The van der Waals surface area contributed by atoms with Gasteiger partial charge in [-0.25, -0.2) is 4.79 Å². The minimum atomic E-state index is -0.855. The number of rotatable bonds is 10. The molecule has 0 aliphatic carbocycles. The summed E-state index contributed by atoms with van der Waals surface area (Å²) in [5.41, 5.74) is 1.30. The zero-order chi connectivity index (χ0) is 15.7. The molecule has 118 valence electrons. The van der Waals surface area contributed by atoms with Crippen molar-refractivity contribution in [3.05, 3.63) is 35.4 Å². The average molecular weight is 292 g/mol. The lowest BCUT2D eigenvalue weighted by Crippen LogP contribution is -2.12. The molecular formula is C18H28O3. The lowest BCUT2D eigenvalue weighted by molar-refractivity contribution is 0.0694. The summed E-state index contributed by atoms with van der Waals surface area (Å²) in [5.74, 6) is 0.0698. The fourth-order valence-electron chi connectivity index (χ4n) is 2.70. The highest BCUT2D eigenvalue weighted by Gasteiger charge is 2.18. The van der Waals surface area contributed by atoms with E-state index >= 15 is 0 Å². The molecule has 3 nitrogen and oxygen atoms in total. The molecule has 0 saturated heterocycles. The molecule has 0 spiro atoms. The van der Waals surface area contributed by atoms with E-state index in [4.69, 9.17) is 4.74 Å². The summed E-state index contributed by atoms with van der Waals surface area (Å²) < 4.78 is 5.30. The van der Waals surface area contributed by atoms with Gasteiger partial charge in [-0.15, -0.1) is 0 Å². The maximum absolute atomic E-state index is 11.3. The van der Waals surface area contributed by atoms with Crippen LogP contribution in [-0.4, -0.2) is 24.8 Å². The number of methoxy groups -OCH3 is 1. The van der Waals surface area contributed by atoms with Gasteiger partial charge in [0.2, 0.25) is 0 Å². The third kappa shape index (κ3) is 6.30. The van der Waals surface area contributed by atoms with Crippen LogP contribution in [0, 0.1) is 5.92 Å². The first-order valence-electron chi connectivity index (χ1n) is 7.87. The largest absolute Gasteiger partial charge is 0.478 e. The van der Waals surface area contributed by atoms with Gasteiger partial charge < -0.3 is 9.84 Å². The Labute approximate surface area is 128 Å². The normalized spacial score (nSPS) is 12.6. The number of ether oxygens (including phenoxy) is 1. The molecule has 0 aliphatic heterocycles. The van der Waals surface area contributed by atoms with Crippen molar-refractivity contribution < 1.29 is 14.6 Å². The standard InChI is InChI=1S/C18H28O3/c1-14(2)9-5-4-6-10-15(13-21-3)16-11-7-8-12-17(16)18(19)20/h7-8,11-12,14-15H,4-6,9-10,13H2,1-3H3,(H,19,20). The van der Waals surface area contributed by atoms with Gasteiger partial charge in [0.15, 0.2) is 0 Å². The van der Waals surface area contributed by atoms with Gasteiger partial charge >= 0.3 is 5.97 Å². The highest BCUT2D eigenvalue weighted by atomic mass is 16.5. The third-order valence-corrected chi connectivity index (χ3v) is 3.83. The maximum atomic E-state index is 11.3. The SMILES string of the molecule is COCC(CCCCCC(C)C)c1ccccc1C(=O)O. The summed E-state index contributed by atoms with van der Waals surface area (Å²) in [6, 6.07) is 7.28. The molecule has 1 unspecified atom stereocenters. The van der Waals surface area contributed by atoms with Crippen LogP contribution >= 0.6 is 0 Å². The van der Waals surface area contributed by atoms with Gasteiger partial charge in [0.05, 0.1) is 12.2 Å². The topological polar surface area (TPSA) is 46.5 Å². The van der Waals surface area contributed by atoms with Crippen molar-refractivity contribution in [2.75, 3.05) is 13.7 Å². The van der Waals surface area contributed by atoms with Crippen LogP contribution in [0.1, 0.15) is 67.8 Å². The predicted octanol–water partition coefficient (Wildman–Crippen LogP) is 4.72. The number of carboxylic acids is 1. The first-order valence-corrected chi connectivity index (χ1v) is 7.87. The van der Waals surface area contributed by atoms with Crippen LogP contribution in [-0.2, 0) is 4.74 Å². The Morgan fingerprint density at radius 1 is 1.14 bits per heavy atom. The van der Waals surface area contributed by atoms with Gasteiger partial charge in [-0.05, 0) is 24.0 Å². The van der Waals surface area contributed by atoms with Crippen molar-refractivity contribution >= 4 is 5.97 Å². The van der Waals surface area contributed by atoms with Crippen molar-refractivity contribution in [2.45, 2.75) is 51.9 Å². The fraction of sp³-hybridized carbons (Fsp3) is 0.611. The number of carbonyl (C=O) groups is 1. The maximum Gasteiger partial charge on any atom is 0.335 e. The van der Waals surface area contributed by atoms with E-state index in [0.717, 1.165) is 24.3 Å². The van der Waals surface area contributed by atoms with Crippen LogP contribution in [0.3, 0.4) is 0 Å². The van der Waals surface area contributed by atoms with Crippen LogP contribution in [0.4, 0.5) is 0 Å². The van der Waals surface area contributed by atoms with E-state index in [1.807, 2.05) is 12.1 Å². The Hall–Kier alpha value is -1.35. The molecule has 1 rings (SSSR count). The monoisotopic (exact) mass is 292 g/mol. The third-order valence-electron chi connectivity index (χ3n) is 3.83. The molecule has 0 aliphatic rings. The van der Waals surface area contributed by atoms with Gasteiger partial charge in [0, 0.05) is 13.0 Å². The first kappa shape index (κ1) is 17.7. The Balaban J connectivity index is 2.63. The second-order valence-corrected chi connectivity index (χ2v) is 6.08. The molecule has 3 heteroatoms. The molecule has 1 aromatic rings. The number of aromatic carboxylic acids is 1. The molecular weight excluding hydrogens is 264 g/mol. The highest BCUT2D eigenvalue weighted by molar-refractivity contribution is 5.89. The molecule has 21 heavy (non-hydrogen) atoms. The van der Waals surface area contributed by atoms with Crippen LogP contribution in [0.25, 0.3) is 0 Å². The second kappa shape index (κ2) is 9.56. The molecule has 0 saturated carbocycles. The van der Waals surface area contributed by atoms with Gasteiger partial charge in [-0.1, -0.05) is 57.7 Å². The number of hydrogen-bond acceptors (Lipinski definition) is 2. The zero-order valence-electron chi connectivity index (χ0n) is 13.5. The Bertz CT molecular complexity index is 426. The first-order chi connectivity index (χ1) is 10.1. The van der Waals surface area contributed by atoms with Crippen molar-refractivity contribution in [2.24, 2.45) is 5.92 Å². The highest BCUT2D eigenvalue weighted by Crippen LogP contribution is 2.26. The summed E-state index contributed by atoms with van der Waals surface area (Å²) >= 11 is 0. The molecule has 0 heterocycles. The number of hydrogen-bond donors (Lipinski definition) is 1. The van der Waals surface area contributed by atoms with E-state index < -0.39 is 5.97 Å². The van der Waals surface area contributed by atoms with E-state index in [-0.39, 0.29) is 5.92 Å². The van der Waals surface area contributed by atoms with Gasteiger partial charge in [-0.2, -0.15) is 0 Å². The van der Waals surface area contributed by atoms with E-state index in [0.29, 0.717) is 12.2 Å². The quantitative estimate of drug-likeness (QED) is 0.635. The average Bonchev–Trinajstić information content (AvgIpc) is 2.45. The number of unbranched alkanes of at least 4 members (excludes halogenated alkanes) is 2. The van der Waals surface area contributed by atoms with Gasteiger partial charge in [0.25, 0.3) is 0 Å². The summed E-state index contributed by atoms with van der Waals surface area (Å²) in [6.07, 6.45) is 5.82. The van der Waals surface area contributed by atoms with E-state index in [9.17, 15) is 9.90 Å². The van der Waals surface area contributed by atoms with E-state index in [2.05, 4.69) is 13.8 Å². The van der Waals surface area contributed by atoms with Crippen molar-refractivity contribution in [1.29, 1.82) is 0 Å².